The Labute approximate surface area is 147 Å². The van der Waals surface area contributed by atoms with Gasteiger partial charge in [0.2, 0.25) is 11.8 Å². The number of carbonyl (C=O) groups is 1. The normalized spacial score (nSPS) is 15.1. The fourth-order valence-electron chi connectivity index (χ4n) is 2.99. The second kappa shape index (κ2) is 8.62. The first-order valence-electron chi connectivity index (χ1n) is 8.88. The second-order valence-corrected chi connectivity index (χ2v) is 6.35. The predicted octanol–water partition coefficient (Wildman–Crippen LogP) is 2.98. The molecule has 25 heavy (non-hydrogen) atoms. The summed E-state index contributed by atoms with van der Waals surface area (Å²) in [6, 6.07) is 7.76. The Morgan fingerprint density at radius 3 is 2.64 bits per heavy atom. The van der Waals surface area contributed by atoms with E-state index in [1.165, 1.54) is 39.3 Å². The quantitative estimate of drug-likeness (QED) is 0.752. The van der Waals surface area contributed by atoms with Crippen LogP contribution in [0.3, 0.4) is 0 Å². The lowest BCUT2D eigenvalue weighted by atomic mass is 10.1. The highest BCUT2D eigenvalue weighted by molar-refractivity contribution is 5.88. The van der Waals surface area contributed by atoms with E-state index in [0.717, 1.165) is 30.8 Å². The number of nitrogens with zero attached hydrogens (tertiary/aromatic N) is 3. The number of carbonyl (C=O) groups excluding carboxylic acids is 1. The number of likely N-dealkylation sites (tertiary alicyclic amines) is 1. The first kappa shape index (κ1) is 17.4. The molecule has 0 aliphatic carbocycles. The summed E-state index contributed by atoms with van der Waals surface area (Å²) in [4.78, 5) is 13.5. The van der Waals surface area contributed by atoms with E-state index in [0.29, 0.717) is 11.9 Å². The largest absolute Gasteiger partial charge is 0.403 e. The SMILES string of the molecule is CC(=O)Nc1ccc(-c2nnc(NCCCN3CCCCC3)o2)cc1. The van der Waals surface area contributed by atoms with Gasteiger partial charge in [-0.15, -0.1) is 5.10 Å². The van der Waals surface area contributed by atoms with E-state index >= 15 is 0 Å². The molecule has 134 valence electrons. The lowest BCUT2D eigenvalue weighted by Gasteiger charge is -2.26. The van der Waals surface area contributed by atoms with Crippen molar-refractivity contribution < 1.29 is 9.21 Å². The van der Waals surface area contributed by atoms with E-state index in [1.807, 2.05) is 24.3 Å². The van der Waals surface area contributed by atoms with Gasteiger partial charge in [-0.05, 0) is 63.2 Å². The summed E-state index contributed by atoms with van der Waals surface area (Å²) in [5.41, 5.74) is 1.56. The number of nitrogens with one attached hydrogen (secondary N) is 2. The Hall–Kier alpha value is -2.41. The van der Waals surface area contributed by atoms with Crippen molar-refractivity contribution in [3.63, 3.8) is 0 Å². The number of anilines is 2. The van der Waals surface area contributed by atoms with Crippen molar-refractivity contribution in [3.05, 3.63) is 24.3 Å². The summed E-state index contributed by atoms with van der Waals surface area (Å²) >= 11 is 0. The lowest BCUT2D eigenvalue weighted by Crippen LogP contribution is -2.31. The fourth-order valence-corrected chi connectivity index (χ4v) is 2.99. The van der Waals surface area contributed by atoms with Crippen LogP contribution in [0.1, 0.15) is 32.6 Å². The first-order chi connectivity index (χ1) is 12.2. The van der Waals surface area contributed by atoms with Crippen LogP contribution in [0, 0.1) is 0 Å². The van der Waals surface area contributed by atoms with Crippen LogP contribution in [0.2, 0.25) is 0 Å². The molecule has 1 fully saturated rings. The van der Waals surface area contributed by atoms with Crippen LogP contribution < -0.4 is 10.6 Å². The van der Waals surface area contributed by atoms with Gasteiger partial charge in [0.15, 0.2) is 0 Å². The maximum atomic E-state index is 11.0. The monoisotopic (exact) mass is 343 g/mol. The molecule has 0 atom stereocenters. The third-order valence-corrected chi connectivity index (χ3v) is 4.25. The Bertz CT molecular complexity index is 677. The van der Waals surface area contributed by atoms with Crippen molar-refractivity contribution >= 4 is 17.6 Å². The molecule has 7 nitrogen and oxygen atoms in total. The lowest BCUT2D eigenvalue weighted by molar-refractivity contribution is -0.114. The van der Waals surface area contributed by atoms with Gasteiger partial charge in [0.1, 0.15) is 0 Å². The molecular weight excluding hydrogens is 318 g/mol. The van der Waals surface area contributed by atoms with Crippen molar-refractivity contribution in [1.82, 2.24) is 15.1 Å². The number of hydrogen-bond acceptors (Lipinski definition) is 6. The van der Waals surface area contributed by atoms with E-state index in [4.69, 9.17) is 4.42 Å². The summed E-state index contributed by atoms with van der Waals surface area (Å²) < 4.78 is 5.65. The summed E-state index contributed by atoms with van der Waals surface area (Å²) in [7, 11) is 0. The van der Waals surface area contributed by atoms with Crippen LogP contribution in [-0.2, 0) is 4.79 Å². The molecule has 0 spiro atoms. The molecule has 3 rings (SSSR count). The molecule has 1 amide bonds. The van der Waals surface area contributed by atoms with Gasteiger partial charge in [-0.25, -0.2) is 0 Å². The van der Waals surface area contributed by atoms with Gasteiger partial charge in [0.05, 0.1) is 0 Å². The second-order valence-electron chi connectivity index (χ2n) is 6.35. The zero-order valence-corrected chi connectivity index (χ0v) is 14.6. The van der Waals surface area contributed by atoms with Gasteiger partial charge in [0.25, 0.3) is 0 Å². The minimum Gasteiger partial charge on any atom is -0.403 e. The van der Waals surface area contributed by atoms with Crippen LogP contribution in [0.5, 0.6) is 0 Å². The van der Waals surface area contributed by atoms with E-state index in [2.05, 4.69) is 25.7 Å². The number of rotatable bonds is 7. The molecule has 1 aliphatic rings. The maximum absolute atomic E-state index is 11.0. The van der Waals surface area contributed by atoms with Crippen molar-refractivity contribution in [2.75, 3.05) is 36.8 Å². The fraction of sp³-hybridized carbons (Fsp3) is 0.500. The van der Waals surface area contributed by atoms with Crippen LogP contribution in [0.15, 0.2) is 28.7 Å². The van der Waals surface area contributed by atoms with E-state index in [-0.39, 0.29) is 5.91 Å². The van der Waals surface area contributed by atoms with Gasteiger partial charge in [-0.3, -0.25) is 4.79 Å². The topological polar surface area (TPSA) is 83.3 Å². The summed E-state index contributed by atoms with van der Waals surface area (Å²) in [6.45, 7) is 5.85. The summed E-state index contributed by atoms with van der Waals surface area (Å²) in [5.74, 6) is 0.370. The highest BCUT2D eigenvalue weighted by Crippen LogP contribution is 2.21. The number of benzene rings is 1. The van der Waals surface area contributed by atoms with E-state index in [9.17, 15) is 4.79 Å². The van der Waals surface area contributed by atoms with Gasteiger partial charge in [-0.1, -0.05) is 11.5 Å². The van der Waals surface area contributed by atoms with Crippen molar-refractivity contribution in [3.8, 4) is 11.5 Å². The molecule has 0 radical (unpaired) electrons. The highest BCUT2D eigenvalue weighted by atomic mass is 16.4. The van der Waals surface area contributed by atoms with Crippen LogP contribution in [0.4, 0.5) is 11.7 Å². The molecule has 7 heteroatoms. The minimum atomic E-state index is -0.0958. The molecule has 1 aliphatic heterocycles. The molecule has 0 saturated carbocycles. The van der Waals surface area contributed by atoms with E-state index in [1.54, 1.807) is 0 Å². The molecule has 2 N–H and O–H groups in total. The average molecular weight is 343 g/mol. The predicted molar refractivity (Wildman–Crippen MR) is 97.4 cm³/mol. The molecule has 0 unspecified atom stereocenters. The number of aromatic nitrogens is 2. The third kappa shape index (κ3) is 5.29. The first-order valence-corrected chi connectivity index (χ1v) is 8.88. The Balaban J connectivity index is 1.46. The van der Waals surface area contributed by atoms with Gasteiger partial charge in [-0.2, -0.15) is 0 Å². The molecule has 2 heterocycles. The van der Waals surface area contributed by atoms with Crippen molar-refractivity contribution in [2.45, 2.75) is 32.6 Å². The summed E-state index contributed by atoms with van der Waals surface area (Å²) in [6.07, 6.45) is 5.07. The smallest absolute Gasteiger partial charge is 0.315 e. The van der Waals surface area contributed by atoms with Gasteiger partial charge in [0, 0.05) is 24.7 Å². The highest BCUT2D eigenvalue weighted by Gasteiger charge is 2.10. The molecule has 2 aromatic rings. The maximum Gasteiger partial charge on any atom is 0.315 e. The van der Waals surface area contributed by atoms with Crippen LogP contribution >= 0.6 is 0 Å². The molecule has 0 bridgehead atoms. The Kier molecular flexibility index (Phi) is 6.00. The Morgan fingerprint density at radius 2 is 1.92 bits per heavy atom. The van der Waals surface area contributed by atoms with Crippen molar-refractivity contribution in [1.29, 1.82) is 0 Å². The number of hydrogen-bond donors (Lipinski definition) is 2. The third-order valence-electron chi connectivity index (χ3n) is 4.25. The molecule has 1 aromatic carbocycles. The van der Waals surface area contributed by atoms with E-state index < -0.39 is 0 Å². The molecule has 1 aromatic heterocycles. The average Bonchev–Trinajstić information content (AvgIpc) is 3.09. The number of piperidine rings is 1. The zero-order valence-electron chi connectivity index (χ0n) is 14.6. The van der Waals surface area contributed by atoms with Gasteiger partial charge >= 0.3 is 6.01 Å². The minimum absolute atomic E-state index is 0.0958. The zero-order chi connectivity index (χ0) is 17.5. The summed E-state index contributed by atoms with van der Waals surface area (Å²) in [5, 5.41) is 14.0. The van der Waals surface area contributed by atoms with Crippen molar-refractivity contribution in [2.24, 2.45) is 0 Å². The number of amides is 1. The molecular formula is C18H25N5O2. The molecule has 1 saturated heterocycles. The van der Waals surface area contributed by atoms with Crippen LogP contribution in [0.25, 0.3) is 11.5 Å². The van der Waals surface area contributed by atoms with Crippen LogP contribution in [-0.4, -0.2) is 47.2 Å². The standard InChI is InChI=1S/C18H25N5O2/c1-14(24)20-16-8-6-15(7-9-16)17-21-22-18(25-17)19-10-5-13-23-11-3-2-4-12-23/h6-9H,2-5,10-13H2,1H3,(H,19,22)(H,20,24). The Morgan fingerprint density at radius 1 is 1.16 bits per heavy atom. The van der Waals surface area contributed by atoms with Gasteiger partial charge < -0.3 is 20.0 Å².